The van der Waals surface area contributed by atoms with Crippen LogP contribution >= 0.6 is 0 Å². The number of anilines is 1. The number of amides is 5. The number of nitrogens with one attached hydrogen (secondary N) is 2. The highest BCUT2D eigenvalue weighted by Gasteiger charge is 2.28. The molecule has 1 fully saturated rings. The third-order valence-corrected chi connectivity index (χ3v) is 5.13. The van der Waals surface area contributed by atoms with Crippen molar-refractivity contribution in [2.45, 2.75) is 33.2 Å². The quantitative estimate of drug-likeness (QED) is 0.529. The molecule has 3 rings (SSSR count). The van der Waals surface area contributed by atoms with E-state index in [1.807, 2.05) is 19.9 Å². The van der Waals surface area contributed by atoms with Crippen LogP contribution in [0.15, 0.2) is 42.5 Å². The van der Waals surface area contributed by atoms with Gasteiger partial charge in [0.25, 0.3) is 5.91 Å². The highest BCUT2D eigenvalue weighted by molar-refractivity contribution is 6.03. The molecule has 0 spiro atoms. The van der Waals surface area contributed by atoms with Crippen molar-refractivity contribution in [1.29, 1.82) is 0 Å². The standard InChI is InChI=1S/C23H23N3O6/c1-14-4-3-5-18(15(14)2)24-23(31)25-19(27)13-32-22(30)17-8-6-16(7-9-17)12-26-20(28)10-11-21(26)29/h3-9H,10-13H2,1-2H3,(H2,24,25,27,31). The van der Waals surface area contributed by atoms with Crippen molar-refractivity contribution >= 4 is 35.4 Å². The molecule has 1 saturated heterocycles. The van der Waals surface area contributed by atoms with Gasteiger partial charge in [-0.25, -0.2) is 9.59 Å². The molecule has 32 heavy (non-hydrogen) atoms. The number of carbonyl (C=O) groups excluding carboxylic acids is 5. The minimum absolute atomic E-state index is 0.144. The molecule has 1 heterocycles. The van der Waals surface area contributed by atoms with Crippen molar-refractivity contribution in [3.05, 3.63) is 64.7 Å². The van der Waals surface area contributed by atoms with Gasteiger partial charge in [-0.1, -0.05) is 24.3 Å². The molecule has 166 valence electrons. The van der Waals surface area contributed by atoms with E-state index in [1.54, 1.807) is 24.3 Å². The second kappa shape index (κ2) is 9.86. The lowest BCUT2D eigenvalue weighted by atomic mass is 10.1. The van der Waals surface area contributed by atoms with E-state index in [9.17, 15) is 24.0 Å². The molecule has 1 aliphatic rings. The zero-order valence-corrected chi connectivity index (χ0v) is 17.8. The van der Waals surface area contributed by atoms with E-state index in [-0.39, 0.29) is 36.8 Å². The predicted molar refractivity (Wildman–Crippen MR) is 115 cm³/mol. The van der Waals surface area contributed by atoms with E-state index in [1.165, 1.54) is 17.0 Å². The fourth-order valence-electron chi connectivity index (χ4n) is 3.15. The lowest BCUT2D eigenvalue weighted by Crippen LogP contribution is -2.37. The number of carbonyl (C=O) groups is 5. The summed E-state index contributed by atoms with van der Waals surface area (Å²) >= 11 is 0. The van der Waals surface area contributed by atoms with Gasteiger partial charge in [0, 0.05) is 18.5 Å². The van der Waals surface area contributed by atoms with Gasteiger partial charge in [0.1, 0.15) is 0 Å². The fourth-order valence-corrected chi connectivity index (χ4v) is 3.15. The maximum Gasteiger partial charge on any atom is 0.338 e. The second-order valence-electron chi connectivity index (χ2n) is 7.40. The Bertz CT molecular complexity index is 1060. The zero-order chi connectivity index (χ0) is 23.3. The highest BCUT2D eigenvalue weighted by atomic mass is 16.5. The Morgan fingerprint density at radius 3 is 2.28 bits per heavy atom. The summed E-state index contributed by atoms with van der Waals surface area (Å²) in [7, 11) is 0. The number of nitrogens with zero attached hydrogens (tertiary/aromatic N) is 1. The average Bonchev–Trinajstić information content (AvgIpc) is 3.08. The minimum atomic E-state index is -0.774. The molecule has 0 saturated carbocycles. The van der Waals surface area contributed by atoms with Crippen LogP contribution in [-0.2, 0) is 25.7 Å². The van der Waals surface area contributed by atoms with Gasteiger partial charge in [-0.15, -0.1) is 0 Å². The van der Waals surface area contributed by atoms with Crippen molar-refractivity contribution in [3.63, 3.8) is 0 Å². The van der Waals surface area contributed by atoms with Crippen LogP contribution in [0.1, 0.15) is 39.9 Å². The Labute approximate surface area is 184 Å². The summed E-state index contributed by atoms with van der Waals surface area (Å²) in [5, 5.41) is 4.68. The molecule has 0 aromatic heterocycles. The first-order valence-electron chi connectivity index (χ1n) is 10.0. The number of aryl methyl sites for hydroxylation is 1. The molecule has 0 unspecified atom stereocenters. The van der Waals surface area contributed by atoms with Crippen LogP contribution in [0.25, 0.3) is 0 Å². The molecular weight excluding hydrogens is 414 g/mol. The Kier molecular flexibility index (Phi) is 6.99. The van der Waals surface area contributed by atoms with Crippen molar-refractivity contribution in [3.8, 4) is 0 Å². The Hall–Kier alpha value is -4.01. The van der Waals surface area contributed by atoms with Gasteiger partial charge in [0.05, 0.1) is 12.1 Å². The van der Waals surface area contributed by atoms with E-state index >= 15 is 0 Å². The largest absolute Gasteiger partial charge is 0.452 e. The summed E-state index contributed by atoms with van der Waals surface area (Å²) in [5.41, 5.74) is 3.33. The van der Waals surface area contributed by atoms with Crippen molar-refractivity contribution in [2.75, 3.05) is 11.9 Å². The number of rotatable bonds is 6. The van der Waals surface area contributed by atoms with Gasteiger partial charge in [0.15, 0.2) is 6.61 Å². The zero-order valence-electron chi connectivity index (χ0n) is 17.8. The molecule has 0 aliphatic carbocycles. The first-order chi connectivity index (χ1) is 15.2. The van der Waals surface area contributed by atoms with E-state index in [0.29, 0.717) is 11.3 Å². The number of imide groups is 2. The maximum atomic E-state index is 12.1. The minimum Gasteiger partial charge on any atom is -0.452 e. The number of likely N-dealkylation sites (tertiary alicyclic amines) is 1. The third-order valence-electron chi connectivity index (χ3n) is 5.13. The smallest absolute Gasteiger partial charge is 0.338 e. The molecule has 2 N–H and O–H groups in total. The molecule has 2 aromatic rings. The summed E-state index contributed by atoms with van der Waals surface area (Å²) in [4.78, 5) is 60.6. The molecule has 1 aliphatic heterocycles. The number of ether oxygens (including phenoxy) is 1. The molecule has 9 nitrogen and oxygen atoms in total. The second-order valence-corrected chi connectivity index (χ2v) is 7.40. The Balaban J connectivity index is 1.47. The fraction of sp³-hybridized carbons (Fsp3) is 0.261. The molecule has 5 amide bonds. The lowest BCUT2D eigenvalue weighted by molar-refractivity contribution is -0.139. The van der Waals surface area contributed by atoms with E-state index in [0.717, 1.165) is 11.1 Å². The van der Waals surface area contributed by atoms with E-state index in [2.05, 4.69) is 10.6 Å². The normalized spacial score (nSPS) is 13.1. The molecule has 9 heteroatoms. The van der Waals surface area contributed by atoms with Gasteiger partial charge in [-0.2, -0.15) is 0 Å². The van der Waals surface area contributed by atoms with Crippen LogP contribution in [0, 0.1) is 13.8 Å². The average molecular weight is 437 g/mol. The predicted octanol–water partition coefficient (Wildman–Crippen LogP) is 2.46. The topological polar surface area (TPSA) is 122 Å². The molecule has 0 bridgehead atoms. The number of benzene rings is 2. The molecule has 0 radical (unpaired) electrons. The van der Waals surface area contributed by atoms with Crippen LogP contribution in [-0.4, -0.2) is 41.2 Å². The molecule has 2 aromatic carbocycles. The maximum absolute atomic E-state index is 12.1. The van der Waals surface area contributed by atoms with Crippen LogP contribution in [0.5, 0.6) is 0 Å². The van der Waals surface area contributed by atoms with Gasteiger partial charge < -0.3 is 10.1 Å². The van der Waals surface area contributed by atoms with Gasteiger partial charge in [0.2, 0.25) is 11.8 Å². The first kappa shape index (κ1) is 22.7. The monoisotopic (exact) mass is 437 g/mol. The number of urea groups is 1. The molecular formula is C23H23N3O6. The van der Waals surface area contributed by atoms with Gasteiger partial charge in [-0.05, 0) is 48.7 Å². The summed E-state index contributed by atoms with van der Waals surface area (Å²) in [6, 6.07) is 10.8. The summed E-state index contributed by atoms with van der Waals surface area (Å²) < 4.78 is 4.94. The SMILES string of the molecule is Cc1cccc(NC(=O)NC(=O)COC(=O)c2ccc(CN3C(=O)CCC3=O)cc2)c1C. The number of hydrogen-bond acceptors (Lipinski definition) is 6. The van der Waals surface area contributed by atoms with Crippen molar-refractivity contribution in [2.24, 2.45) is 0 Å². The van der Waals surface area contributed by atoms with E-state index in [4.69, 9.17) is 4.74 Å². The third kappa shape index (κ3) is 5.57. The van der Waals surface area contributed by atoms with E-state index < -0.39 is 24.5 Å². The van der Waals surface area contributed by atoms with Crippen LogP contribution in [0.2, 0.25) is 0 Å². The Morgan fingerprint density at radius 2 is 1.62 bits per heavy atom. The van der Waals surface area contributed by atoms with Gasteiger partial charge in [-0.3, -0.25) is 24.6 Å². The summed E-state index contributed by atoms with van der Waals surface area (Å²) in [6.45, 7) is 3.27. The van der Waals surface area contributed by atoms with Crippen molar-refractivity contribution < 1.29 is 28.7 Å². The molecule has 0 atom stereocenters. The van der Waals surface area contributed by atoms with Crippen LogP contribution in [0.3, 0.4) is 0 Å². The van der Waals surface area contributed by atoms with Gasteiger partial charge >= 0.3 is 12.0 Å². The van der Waals surface area contributed by atoms with Crippen LogP contribution in [0.4, 0.5) is 10.5 Å². The van der Waals surface area contributed by atoms with Crippen LogP contribution < -0.4 is 10.6 Å². The number of esters is 1. The highest BCUT2D eigenvalue weighted by Crippen LogP contribution is 2.18. The Morgan fingerprint density at radius 1 is 0.969 bits per heavy atom. The lowest BCUT2D eigenvalue weighted by Gasteiger charge is -2.14. The van der Waals surface area contributed by atoms with Crippen molar-refractivity contribution in [1.82, 2.24) is 10.2 Å². The summed E-state index contributed by atoms with van der Waals surface area (Å²) in [6.07, 6.45) is 0.432. The first-order valence-corrected chi connectivity index (χ1v) is 10.0. The number of hydrogen-bond donors (Lipinski definition) is 2. The summed E-state index contributed by atoms with van der Waals surface area (Å²) in [5.74, 6) is -1.95.